The molecule has 0 unspecified atom stereocenters. The first-order valence-corrected chi connectivity index (χ1v) is 12.8. The maximum Gasteiger partial charge on any atom is 0.281 e. The van der Waals surface area contributed by atoms with Gasteiger partial charge in [0.05, 0.1) is 40.1 Å². The highest BCUT2D eigenvalue weighted by Gasteiger charge is 2.33. The number of rotatable bonds is 7. The molecule has 1 saturated heterocycles. The fourth-order valence-corrected chi connectivity index (χ4v) is 5.30. The van der Waals surface area contributed by atoms with Crippen molar-refractivity contribution >= 4 is 39.8 Å². The van der Waals surface area contributed by atoms with Crippen molar-refractivity contribution in [2.45, 2.75) is 50.3 Å². The van der Waals surface area contributed by atoms with Crippen LogP contribution in [0, 0.1) is 0 Å². The minimum absolute atomic E-state index is 0.0465. The molecular formula is C25H26IN5O3. The molecule has 9 heteroatoms. The number of amides is 1. The molecule has 3 aliphatic rings. The fraction of sp³-hybridized carbons (Fsp3) is 0.440. The summed E-state index contributed by atoms with van der Waals surface area (Å²) in [6.07, 6.45) is 7.99. The summed E-state index contributed by atoms with van der Waals surface area (Å²) in [5.41, 5.74) is 4.31. The third-order valence-corrected chi connectivity index (χ3v) is 8.05. The Morgan fingerprint density at radius 2 is 1.94 bits per heavy atom. The standard InChI is InChI=1S/C25H26IN5O3/c1-29-23-8-15(10-27-22(23)9-20(24(29)32)16-2-3-16)12-30-13-19(14-30)34-18-6-7-21(28-11-18)25(33)31(26)17-4-5-17/h6-11,16-17,19H,2-5,12-14H2,1H3. The molecule has 0 aromatic carbocycles. The van der Waals surface area contributed by atoms with Crippen molar-refractivity contribution in [2.24, 2.45) is 7.05 Å². The minimum Gasteiger partial charge on any atom is -0.486 e. The van der Waals surface area contributed by atoms with Crippen LogP contribution in [0.5, 0.6) is 5.75 Å². The lowest BCUT2D eigenvalue weighted by Crippen LogP contribution is -2.53. The van der Waals surface area contributed by atoms with Crippen molar-refractivity contribution in [3.05, 3.63) is 63.8 Å². The largest absolute Gasteiger partial charge is 0.486 e. The SMILES string of the molecule is Cn1c(=O)c(C2CC2)cc2ncc(CN3CC(Oc4ccc(C(=O)N(I)C5CC5)nc4)C3)cc21. The average molecular weight is 571 g/mol. The van der Waals surface area contributed by atoms with E-state index in [9.17, 15) is 9.59 Å². The first kappa shape index (κ1) is 22.0. The zero-order valence-electron chi connectivity index (χ0n) is 19.0. The predicted octanol–water partition coefficient (Wildman–Crippen LogP) is 3.42. The van der Waals surface area contributed by atoms with Gasteiger partial charge in [-0.2, -0.15) is 0 Å². The third-order valence-electron chi connectivity index (χ3n) is 6.83. The number of pyridine rings is 3. The van der Waals surface area contributed by atoms with Gasteiger partial charge in [0.25, 0.3) is 11.5 Å². The van der Waals surface area contributed by atoms with Crippen LogP contribution in [-0.2, 0) is 13.6 Å². The van der Waals surface area contributed by atoms with E-state index in [0.717, 1.165) is 67.5 Å². The lowest BCUT2D eigenvalue weighted by molar-refractivity contribution is 0.0143. The quantitative estimate of drug-likeness (QED) is 0.320. The molecule has 8 nitrogen and oxygen atoms in total. The summed E-state index contributed by atoms with van der Waals surface area (Å²) in [5, 5.41) is 0. The summed E-state index contributed by atoms with van der Waals surface area (Å²) >= 11 is 2.08. The van der Waals surface area contributed by atoms with Crippen molar-refractivity contribution in [1.82, 2.24) is 22.5 Å². The second-order valence-electron chi connectivity index (χ2n) is 9.65. The molecule has 34 heavy (non-hydrogen) atoms. The van der Waals surface area contributed by atoms with Crippen molar-refractivity contribution < 1.29 is 9.53 Å². The van der Waals surface area contributed by atoms with Crippen molar-refractivity contribution in [3.8, 4) is 5.75 Å². The van der Waals surface area contributed by atoms with E-state index in [1.807, 2.05) is 25.4 Å². The second kappa shape index (κ2) is 8.60. The van der Waals surface area contributed by atoms with Crippen LogP contribution < -0.4 is 10.3 Å². The van der Waals surface area contributed by atoms with Crippen LogP contribution in [0.1, 0.15) is 53.2 Å². The number of ether oxygens (including phenoxy) is 1. The number of aromatic nitrogens is 3. The molecule has 3 aromatic rings. The third kappa shape index (κ3) is 4.31. The molecule has 0 radical (unpaired) electrons. The van der Waals surface area contributed by atoms with E-state index in [1.54, 1.807) is 19.9 Å². The van der Waals surface area contributed by atoms with Gasteiger partial charge in [0.1, 0.15) is 17.5 Å². The highest BCUT2D eigenvalue weighted by atomic mass is 127. The Bertz CT molecular complexity index is 1310. The van der Waals surface area contributed by atoms with Gasteiger partial charge >= 0.3 is 0 Å². The summed E-state index contributed by atoms with van der Waals surface area (Å²) in [4.78, 5) is 36.3. The Morgan fingerprint density at radius 3 is 2.62 bits per heavy atom. The van der Waals surface area contributed by atoms with Crippen molar-refractivity contribution in [2.75, 3.05) is 13.1 Å². The summed E-state index contributed by atoms with van der Waals surface area (Å²) in [6.45, 7) is 2.38. The number of nitrogens with zero attached hydrogens (tertiary/aromatic N) is 5. The van der Waals surface area contributed by atoms with Crippen LogP contribution in [0.25, 0.3) is 11.0 Å². The van der Waals surface area contributed by atoms with Crippen LogP contribution in [0.15, 0.2) is 41.5 Å². The molecular weight excluding hydrogens is 545 g/mol. The van der Waals surface area contributed by atoms with Crippen LogP contribution >= 0.6 is 22.9 Å². The van der Waals surface area contributed by atoms with E-state index in [1.165, 1.54) is 0 Å². The molecule has 3 fully saturated rings. The summed E-state index contributed by atoms with van der Waals surface area (Å²) in [5.74, 6) is 1.05. The molecule has 176 valence electrons. The number of halogens is 1. The zero-order chi connectivity index (χ0) is 23.4. The first-order valence-electron chi connectivity index (χ1n) is 11.8. The maximum absolute atomic E-state index is 12.7. The van der Waals surface area contributed by atoms with Crippen molar-refractivity contribution in [3.63, 3.8) is 0 Å². The number of aryl methyl sites for hydroxylation is 1. The van der Waals surface area contributed by atoms with Crippen molar-refractivity contribution in [1.29, 1.82) is 0 Å². The fourth-order valence-electron chi connectivity index (χ4n) is 4.50. The van der Waals surface area contributed by atoms with Gasteiger partial charge < -0.3 is 9.30 Å². The van der Waals surface area contributed by atoms with E-state index in [4.69, 9.17) is 4.74 Å². The Balaban J connectivity index is 1.05. The molecule has 0 N–H and O–H groups in total. The van der Waals surface area contributed by atoms with Crippen LogP contribution in [0.2, 0.25) is 0 Å². The van der Waals surface area contributed by atoms with Gasteiger partial charge in [0.2, 0.25) is 0 Å². The Kier molecular flexibility index (Phi) is 5.56. The first-order chi connectivity index (χ1) is 16.5. The number of likely N-dealkylation sites (tertiary alicyclic amines) is 1. The molecule has 0 spiro atoms. The van der Waals surface area contributed by atoms with Gasteiger partial charge in [0, 0.05) is 44.5 Å². The lowest BCUT2D eigenvalue weighted by Gasteiger charge is -2.38. The van der Waals surface area contributed by atoms with E-state index < -0.39 is 0 Å². The normalized spacial score (nSPS) is 18.6. The second-order valence-corrected chi connectivity index (χ2v) is 10.7. The van der Waals surface area contributed by atoms with Gasteiger partial charge in [-0.05, 0) is 61.4 Å². The molecule has 2 aliphatic carbocycles. The Morgan fingerprint density at radius 1 is 1.15 bits per heavy atom. The lowest BCUT2D eigenvalue weighted by atomic mass is 10.1. The smallest absolute Gasteiger partial charge is 0.281 e. The van der Waals surface area contributed by atoms with Gasteiger partial charge in [-0.3, -0.25) is 22.6 Å². The molecule has 3 aromatic heterocycles. The van der Waals surface area contributed by atoms with E-state index in [2.05, 4.69) is 43.8 Å². The summed E-state index contributed by atoms with van der Waals surface area (Å²) in [6, 6.07) is 7.97. The molecule has 6 rings (SSSR count). The van der Waals surface area contributed by atoms with Gasteiger partial charge in [-0.1, -0.05) is 0 Å². The predicted molar refractivity (Wildman–Crippen MR) is 136 cm³/mol. The summed E-state index contributed by atoms with van der Waals surface area (Å²) < 4.78 is 9.51. The topological polar surface area (TPSA) is 80.6 Å². The number of hydrogen-bond donors (Lipinski definition) is 0. The summed E-state index contributed by atoms with van der Waals surface area (Å²) in [7, 11) is 1.84. The molecule has 1 amide bonds. The van der Waals surface area contributed by atoms with E-state index >= 15 is 0 Å². The zero-order valence-corrected chi connectivity index (χ0v) is 21.1. The van der Waals surface area contributed by atoms with Gasteiger partial charge in [0.15, 0.2) is 0 Å². The number of carbonyl (C=O) groups is 1. The van der Waals surface area contributed by atoms with Crippen LogP contribution in [-0.4, -0.2) is 53.7 Å². The van der Waals surface area contributed by atoms with E-state index in [-0.39, 0.29) is 17.6 Å². The Hall–Kier alpha value is -2.53. The Labute approximate surface area is 211 Å². The van der Waals surface area contributed by atoms with Gasteiger partial charge in [-0.15, -0.1) is 0 Å². The molecule has 0 atom stereocenters. The highest BCUT2D eigenvalue weighted by molar-refractivity contribution is 14.1. The monoisotopic (exact) mass is 571 g/mol. The van der Waals surface area contributed by atoms with Crippen LogP contribution in [0.4, 0.5) is 0 Å². The molecule has 1 aliphatic heterocycles. The van der Waals surface area contributed by atoms with E-state index in [0.29, 0.717) is 23.4 Å². The van der Waals surface area contributed by atoms with Gasteiger partial charge in [-0.25, -0.2) is 4.98 Å². The number of fused-ring (bicyclic) bond motifs is 1. The highest BCUT2D eigenvalue weighted by Crippen LogP contribution is 2.39. The molecule has 0 bridgehead atoms. The van der Waals surface area contributed by atoms with Crippen LogP contribution in [0.3, 0.4) is 0 Å². The minimum atomic E-state index is -0.0465. The number of carbonyl (C=O) groups excluding carboxylic acids is 1. The average Bonchev–Trinajstić information content (AvgIpc) is 3.73. The number of hydrogen-bond acceptors (Lipinski definition) is 6. The molecule has 2 saturated carbocycles. The maximum atomic E-state index is 12.7. The molecule has 4 heterocycles.